The van der Waals surface area contributed by atoms with Gasteiger partial charge in [0.15, 0.2) is 0 Å². The van der Waals surface area contributed by atoms with E-state index in [9.17, 15) is 0 Å². The zero-order chi connectivity index (χ0) is 12.3. The van der Waals surface area contributed by atoms with E-state index in [0.717, 1.165) is 18.7 Å². The van der Waals surface area contributed by atoms with Gasteiger partial charge in [0.25, 0.3) is 0 Å². The van der Waals surface area contributed by atoms with Gasteiger partial charge in [0.1, 0.15) is 6.07 Å². The van der Waals surface area contributed by atoms with Crippen LogP contribution in [0, 0.1) is 11.3 Å². The molecule has 0 aromatic heterocycles. The van der Waals surface area contributed by atoms with Gasteiger partial charge in [-0.15, -0.1) is 0 Å². The molecule has 0 N–H and O–H groups in total. The molecule has 0 aliphatic carbocycles. The Morgan fingerprint density at radius 1 is 1.00 bits per heavy atom. The van der Waals surface area contributed by atoms with Gasteiger partial charge in [-0.2, -0.15) is 5.26 Å². The Morgan fingerprint density at radius 2 is 1.76 bits per heavy atom. The molecular formula is C13H7Br2NS. The van der Waals surface area contributed by atoms with Crippen molar-refractivity contribution < 1.29 is 0 Å². The molecule has 17 heavy (non-hydrogen) atoms. The Morgan fingerprint density at radius 3 is 2.47 bits per heavy atom. The standard InChI is InChI=1S/C13H7Br2NS/c14-10-5-6-12(9(7-10)8-16)17-13-4-2-1-3-11(13)15/h1-7H. The van der Waals surface area contributed by atoms with Crippen LogP contribution in [0.1, 0.15) is 5.56 Å². The molecule has 4 heteroatoms. The number of nitrogens with zero attached hydrogens (tertiary/aromatic N) is 1. The van der Waals surface area contributed by atoms with Crippen LogP contribution in [-0.2, 0) is 0 Å². The first kappa shape index (κ1) is 12.7. The smallest absolute Gasteiger partial charge is 0.100 e. The van der Waals surface area contributed by atoms with E-state index in [4.69, 9.17) is 5.26 Å². The fourth-order valence-corrected chi connectivity index (χ4v) is 3.11. The molecule has 0 spiro atoms. The molecule has 2 aromatic rings. The molecule has 0 bridgehead atoms. The SMILES string of the molecule is N#Cc1cc(Br)ccc1Sc1ccccc1Br. The zero-order valence-corrected chi connectivity index (χ0v) is 12.6. The maximum absolute atomic E-state index is 9.09. The summed E-state index contributed by atoms with van der Waals surface area (Å²) in [5.74, 6) is 0. The molecule has 0 fully saturated rings. The second-order valence-corrected chi connectivity index (χ2v) is 6.14. The van der Waals surface area contributed by atoms with Crippen LogP contribution in [0.2, 0.25) is 0 Å². The summed E-state index contributed by atoms with van der Waals surface area (Å²) in [5, 5.41) is 9.09. The molecule has 2 aromatic carbocycles. The van der Waals surface area contributed by atoms with Crippen molar-refractivity contribution in [2.45, 2.75) is 9.79 Å². The predicted molar refractivity (Wildman–Crippen MR) is 77.1 cm³/mol. The molecule has 0 aliphatic heterocycles. The third-order valence-corrected chi connectivity index (χ3v) is 4.72. The van der Waals surface area contributed by atoms with Crippen molar-refractivity contribution in [1.82, 2.24) is 0 Å². The highest BCUT2D eigenvalue weighted by Gasteiger charge is 2.06. The maximum atomic E-state index is 9.09. The van der Waals surface area contributed by atoms with Gasteiger partial charge in [-0.05, 0) is 46.3 Å². The minimum Gasteiger partial charge on any atom is -0.192 e. The average molecular weight is 369 g/mol. The van der Waals surface area contributed by atoms with E-state index >= 15 is 0 Å². The lowest BCUT2D eigenvalue weighted by molar-refractivity contribution is 1.33. The number of rotatable bonds is 2. The Hall–Kier alpha value is -0.760. The first-order valence-electron chi connectivity index (χ1n) is 4.83. The monoisotopic (exact) mass is 367 g/mol. The fraction of sp³-hybridized carbons (Fsp3) is 0. The quantitative estimate of drug-likeness (QED) is 0.724. The van der Waals surface area contributed by atoms with E-state index in [1.165, 1.54) is 0 Å². The number of benzene rings is 2. The van der Waals surface area contributed by atoms with Gasteiger partial charge < -0.3 is 0 Å². The summed E-state index contributed by atoms with van der Waals surface area (Å²) < 4.78 is 1.96. The minimum atomic E-state index is 0.681. The molecule has 0 radical (unpaired) electrons. The van der Waals surface area contributed by atoms with Gasteiger partial charge in [0, 0.05) is 18.7 Å². The minimum absolute atomic E-state index is 0.681. The summed E-state index contributed by atoms with van der Waals surface area (Å²) in [6.45, 7) is 0. The Kier molecular flexibility index (Phi) is 4.27. The summed E-state index contributed by atoms with van der Waals surface area (Å²) >= 11 is 8.45. The lowest BCUT2D eigenvalue weighted by Gasteiger charge is -2.06. The van der Waals surface area contributed by atoms with E-state index in [1.54, 1.807) is 11.8 Å². The van der Waals surface area contributed by atoms with Crippen LogP contribution in [0.4, 0.5) is 0 Å². The Labute approximate surface area is 121 Å². The second-order valence-electron chi connectivity index (χ2n) is 3.28. The van der Waals surface area contributed by atoms with Crippen molar-refractivity contribution in [2.75, 3.05) is 0 Å². The van der Waals surface area contributed by atoms with Crippen LogP contribution < -0.4 is 0 Å². The van der Waals surface area contributed by atoms with Crippen LogP contribution >= 0.6 is 43.6 Å². The number of halogens is 2. The number of nitriles is 1. The molecule has 0 saturated carbocycles. The van der Waals surface area contributed by atoms with E-state index < -0.39 is 0 Å². The molecule has 0 heterocycles. The first-order chi connectivity index (χ1) is 8.20. The highest BCUT2D eigenvalue weighted by Crippen LogP contribution is 2.35. The highest BCUT2D eigenvalue weighted by molar-refractivity contribution is 9.10. The number of hydrogen-bond donors (Lipinski definition) is 0. The van der Waals surface area contributed by atoms with Crippen LogP contribution in [0.3, 0.4) is 0 Å². The lowest BCUT2D eigenvalue weighted by Crippen LogP contribution is -1.82. The molecule has 0 unspecified atom stereocenters. The van der Waals surface area contributed by atoms with Crippen LogP contribution in [0.15, 0.2) is 61.2 Å². The number of hydrogen-bond acceptors (Lipinski definition) is 2. The van der Waals surface area contributed by atoms with Crippen molar-refractivity contribution in [3.8, 4) is 6.07 Å². The van der Waals surface area contributed by atoms with Gasteiger partial charge in [-0.1, -0.05) is 39.8 Å². The molecule has 1 nitrogen and oxygen atoms in total. The van der Waals surface area contributed by atoms with Crippen LogP contribution in [0.5, 0.6) is 0 Å². The summed E-state index contributed by atoms with van der Waals surface area (Å²) in [5.41, 5.74) is 0.681. The Bertz CT molecular complexity index is 590. The van der Waals surface area contributed by atoms with Crippen molar-refractivity contribution in [2.24, 2.45) is 0 Å². The molecule has 0 saturated heterocycles. The van der Waals surface area contributed by atoms with Crippen LogP contribution in [-0.4, -0.2) is 0 Å². The van der Waals surface area contributed by atoms with Gasteiger partial charge in [-0.25, -0.2) is 0 Å². The fourth-order valence-electron chi connectivity index (χ4n) is 1.32. The molecule has 2 rings (SSSR count). The van der Waals surface area contributed by atoms with Crippen molar-refractivity contribution in [3.05, 3.63) is 57.0 Å². The normalized spacial score (nSPS) is 9.94. The molecule has 0 amide bonds. The molecule has 0 aliphatic rings. The summed E-state index contributed by atoms with van der Waals surface area (Å²) in [7, 11) is 0. The third kappa shape index (κ3) is 3.12. The third-order valence-electron chi connectivity index (χ3n) is 2.12. The van der Waals surface area contributed by atoms with E-state index in [1.807, 2.05) is 42.5 Å². The van der Waals surface area contributed by atoms with E-state index in [0.29, 0.717) is 5.56 Å². The van der Waals surface area contributed by atoms with Gasteiger partial charge in [-0.3, -0.25) is 0 Å². The first-order valence-corrected chi connectivity index (χ1v) is 7.23. The average Bonchev–Trinajstić information content (AvgIpc) is 2.34. The molecule has 0 atom stereocenters. The molecule has 84 valence electrons. The van der Waals surface area contributed by atoms with Crippen molar-refractivity contribution >= 4 is 43.6 Å². The van der Waals surface area contributed by atoms with E-state index in [-0.39, 0.29) is 0 Å². The summed E-state index contributed by atoms with van der Waals surface area (Å²) in [4.78, 5) is 2.06. The largest absolute Gasteiger partial charge is 0.192 e. The van der Waals surface area contributed by atoms with Gasteiger partial charge >= 0.3 is 0 Å². The van der Waals surface area contributed by atoms with Crippen LogP contribution in [0.25, 0.3) is 0 Å². The van der Waals surface area contributed by atoms with Gasteiger partial charge in [0.05, 0.1) is 5.56 Å². The topological polar surface area (TPSA) is 23.8 Å². The summed E-state index contributed by atoms with van der Waals surface area (Å²) in [6.07, 6.45) is 0. The Balaban J connectivity index is 2.37. The zero-order valence-electron chi connectivity index (χ0n) is 8.65. The highest BCUT2D eigenvalue weighted by atomic mass is 79.9. The summed E-state index contributed by atoms with van der Waals surface area (Å²) in [6, 6.07) is 15.9. The van der Waals surface area contributed by atoms with Crippen molar-refractivity contribution in [3.63, 3.8) is 0 Å². The van der Waals surface area contributed by atoms with Crippen molar-refractivity contribution in [1.29, 1.82) is 5.26 Å². The second kappa shape index (κ2) is 5.72. The van der Waals surface area contributed by atoms with Gasteiger partial charge in [0.2, 0.25) is 0 Å². The molecular weight excluding hydrogens is 362 g/mol. The van der Waals surface area contributed by atoms with E-state index in [2.05, 4.69) is 37.9 Å². The predicted octanol–water partition coefficient (Wildman–Crippen LogP) is 5.23. The maximum Gasteiger partial charge on any atom is 0.100 e. The lowest BCUT2D eigenvalue weighted by atomic mass is 10.2.